The molecular weight excluding hydrogens is 359 g/mol. The number of hydrogen-bond acceptors (Lipinski definition) is 6. The fourth-order valence-corrected chi connectivity index (χ4v) is 4.62. The molecule has 7 nitrogen and oxygen atoms in total. The topological polar surface area (TPSA) is 96.2 Å². The first-order valence-electron chi connectivity index (χ1n) is 8.06. The Morgan fingerprint density at radius 1 is 1.35 bits per heavy atom. The summed E-state index contributed by atoms with van der Waals surface area (Å²) in [6.07, 6.45) is 3.60. The van der Waals surface area contributed by atoms with Crippen molar-refractivity contribution in [3.8, 4) is 11.9 Å². The maximum absolute atomic E-state index is 13.3. The summed E-state index contributed by atoms with van der Waals surface area (Å²) >= 11 is 0. The number of aryl methyl sites for hydroxylation is 1. The highest BCUT2D eigenvalue weighted by molar-refractivity contribution is 7.89. The van der Waals surface area contributed by atoms with Crippen molar-refractivity contribution in [1.29, 1.82) is 5.26 Å². The normalized spacial score (nSPS) is 18.3. The first-order valence-corrected chi connectivity index (χ1v) is 9.50. The summed E-state index contributed by atoms with van der Waals surface area (Å²) in [5, 5.41) is 9.06. The molecule has 1 aliphatic rings. The number of benzene rings is 1. The SMILES string of the molecule is Cc1cc(F)ccc1S(=O)(=O)N1CCCC(Oc2nccnc2C#N)C1. The lowest BCUT2D eigenvalue weighted by Crippen LogP contribution is -2.44. The first kappa shape index (κ1) is 18.2. The van der Waals surface area contributed by atoms with Crippen LogP contribution in [0.2, 0.25) is 0 Å². The van der Waals surface area contributed by atoms with Gasteiger partial charge in [0.25, 0.3) is 5.88 Å². The molecule has 9 heteroatoms. The second-order valence-electron chi connectivity index (χ2n) is 5.98. The highest BCUT2D eigenvalue weighted by Crippen LogP contribution is 2.25. The molecule has 2 heterocycles. The average Bonchev–Trinajstić information content (AvgIpc) is 2.62. The van der Waals surface area contributed by atoms with Crippen molar-refractivity contribution in [3.05, 3.63) is 47.7 Å². The van der Waals surface area contributed by atoms with Gasteiger partial charge in [-0.25, -0.2) is 22.8 Å². The summed E-state index contributed by atoms with van der Waals surface area (Å²) in [6, 6.07) is 5.51. The molecule has 1 aliphatic heterocycles. The van der Waals surface area contributed by atoms with Gasteiger partial charge < -0.3 is 4.74 Å². The molecule has 1 atom stereocenters. The van der Waals surface area contributed by atoms with E-state index < -0.39 is 21.9 Å². The van der Waals surface area contributed by atoms with Gasteiger partial charge in [0.2, 0.25) is 15.7 Å². The molecular formula is C17H17FN4O3S. The van der Waals surface area contributed by atoms with Gasteiger partial charge in [-0.2, -0.15) is 9.57 Å². The third-order valence-electron chi connectivity index (χ3n) is 4.14. The Hall–Kier alpha value is -2.57. The number of nitriles is 1. The van der Waals surface area contributed by atoms with Crippen LogP contribution < -0.4 is 4.74 Å². The highest BCUT2D eigenvalue weighted by atomic mass is 32.2. The van der Waals surface area contributed by atoms with Crippen LogP contribution in [0.5, 0.6) is 5.88 Å². The van der Waals surface area contributed by atoms with E-state index in [2.05, 4.69) is 9.97 Å². The predicted molar refractivity (Wildman–Crippen MR) is 90.3 cm³/mol. The van der Waals surface area contributed by atoms with Crippen molar-refractivity contribution >= 4 is 10.0 Å². The zero-order valence-corrected chi connectivity index (χ0v) is 14.9. The van der Waals surface area contributed by atoms with Crippen LogP contribution in [0.25, 0.3) is 0 Å². The highest BCUT2D eigenvalue weighted by Gasteiger charge is 2.32. The third-order valence-corrected chi connectivity index (χ3v) is 6.17. The summed E-state index contributed by atoms with van der Waals surface area (Å²) in [6.45, 7) is 2.04. The lowest BCUT2D eigenvalue weighted by Gasteiger charge is -2.32. The summed E-state index contributed by atoms with van der Waals surface area (Å²) in [5.41, 5.74) is 0.413. The fraction of sp³-hybridized carbons (Fsp3) is 0.353. The number of halogens is 1. The molecule has 1 unspecified atom stereocenters. The van der Waals surface area contributed by atoms with E-state index in [1.54, 1.807) is 6.92 Å². The number of piperidine rings is 1. The Balaban J connectivity index is 1.81. The van der Waals surface area contributed by atoms with Crippen molar-refractivity contribution in [2.45, 2.75) is 30.8 Å². The monoisotopic (exact) mass is 376 g/mol. The van der Waals surface area contributed by atoms with Gasteiger partial charge in [-0.15, -0.1) is 0 Å². The summed E-state index contributed by atoms with van der Waals surface area (Å²) < 4.78 is 46.2. The standard InChI is InChI=1S/C17H17FN4O3S/c1-12-9-13(18)4-5-16(12)26(23,24)22-8-2-3-14(11-22)25-17-15(10-19)20-6-7-21-17/h4-7,9,14H,2-3,8,11H2,1H3. The Morgan fingerprint density at radius 2 is 2.12 bits per heavy atom. The zero-order chi connectivity index (χ0) is 18.7. The van der Waals surface area contributed by atoms with Gasteiger partial charge in [0.15, 0.2) is 0 Å². The van der Waals surface area contributed by atoms with Crippen LogP contribution in [0.1, 0.15) is 24.1 Å². The Bertz CT molecular complexity index is 959. The van der Waals surface area contributed by atoms with Gasteiger partial charge in [-0.05, 0) is 43.5 Å². The van der Waals surface area contributed by atoms with Crippen LogP contribution in [0, 0.1) is 24.1 Å². The molecule has 2 aromatic rings. The quantitative estimate of drug-likeness (QED) is 0.810. The Kier molecular flexibility index (Phi) is 5.15. The molecule has 1 aromatic carbocycles. The van der Waals surface area contributed by atoms with Crippen molar-refractivity contribution in [2.75, 3.05) is 13.1 Å². The lowest BCUT2D eigenvalue weighted by atomic mass is 10.1. The minimum Gasteiger partial charge on any atom is -0.471 e. The molecule has 26 heavy (non-hydrogen) atoms. The van der Waals surface area contributed by atoms with Gasteiger partial charge in [-0.1, -0.05) is 0 Å². The van der Waals surface area contributed by atoms with Crippen LogP contribution in [0.15, 0.2) is 35.5 Å². The van der Waals surface area contributed by atoms with Gasteiger partial charge in [0.05, 0.1) is 11.4 Å². The van der Waals surface area contributed by atoms with E-state index in [9.17, 15) is 12.8 Å². The van der Waals surface area contributed by atoms with Crippen LogP contribution in [0.4, 0.5) is 4.39 Å². The largest absolute Gasteiger partial charge is 0.471 e. The molecule has 3 rings (SSSR count). The van der Waals surface area contributed by atoms with Crippen LogP contribution in [0.3, 0.4) is 0 Å². The summed E-state index contributed by atoms with van der Waals surface area (Å²) in [4.78, 5) is 7.96. The van der Waals surface area contributed by atoms with E-state index in [1.807, 2.05) is 6.07 Å². The number of rotatable bonds is 4. The van der Waals surface area contributed by atoms with E-state index in [0.717, 1.165) is 6.07 Å². The zero-order valence-electron chi connectivity index (χ0n) is 14.1. The Labute approximate surface area is 151 Å². The van der Waals surface area contributed by atoms with Crippen LogP contribution in [-0.2, 0) is 10.0 Å². The van der Waals surface area contributed by atoms with Crippen molar-refractivity contribution in [2.24, 2.45) is 0 Å². The van der Waals surface area contributed by atoms with Gasteiger partial charge >= 0.3 is 0 Å². The van der Waals surface area contributed by atoms with Crippen molar-refractivity contribution in [3.63, 3.8) is 0 Å². The maximum atomic E-state index is 13.3. The minimum atomic E-state index is -3.76. The van der Waals surface area contributed by atoms with Crippen molar-refractivity contribution < 1.29 is 17.5 Å². The number of hydrogen-bond donors (Lipinski definition) is 0. The molecule has 0 aliphatic carbocycles. The molecule has 0 spiro atoms. The number of ether oxygens (including phenoxy) is 1. The number of nitrogens with zero attached hydrogens (tertiary/aromatic N) is 4. The molecule has 1 saturated heterocycles. The van der Waals surface area contributed by atoms with Gasteiger partial charge in [0, 0.05) is 18.9 Å². The molecule has 1 fully saturated rings. The Morgan fingerprint density at radius 3 is 2.85 bits per heavy atom. The predicted octanol–water partition coefficient (Wildman–Crippen LogP) is 2.03. The molecule has 1 aromatic heterocycles. The number of aromatic nitrogens is 2. The van der Waals surface area contributed by atoms with E-state index in [0.29, 0.717) is 24.9 Å². The molecule has 0 amide bonds. The molecule has 0 radical (unpaired) electrons. The van der Waals surface area contributed by atoms with E-state index in [1.165, 1.54) is 28.8 Å². The third kappa shape index (κ3) is 3.66. The smallest absolute Gasteiger partial charge is 0.251 e. The molecule has 0 saturated carbocycles. The molecule has 0 N–H and O–H groups in total. The first-order chi connectivity index (χ1) is 12.4. The second kappa shape index (κ2) is 7.35. The number of sulfonamides is 1. The van der Waals surface area contributed by atoms with E-state index >= 15 is 0 Å². The lowest BCUT2D eigenvalue weighted by molar-refractivity contribution is 0.124. The van der Waals surface area contributed by atoms with E-state index in [4.69, 9.17) is 10.00 Å². The fourth-order valence-electron chi connectivity index (χ4n) is 2.91. The summed E-state index contributed by atoms with van der Waals surface area (Å²) in [7, 11) is -3.76. The van der Waals surface area contributed by atoms with Gasteiger partial charge in [-0.3, -0.25) is 0 Å². The molecule has 0 bridgehead atoms. The average molecular weight is 376 g/mol. The maximum Gasteiger partial charge on any atom is 0.251 e. The molecule has 136 valence electrons. The van der Waals surface area contributed by atoms with Gasteiger partial charge in [0.1, 0.15) is 18.0 Å². The van der Waals surface area contributed by atoms with Crippen molar-refractivity contribution in [1.82, 2.24) is 14.3 Å². The summed E-state index contributed by atoms with van der Waals surface area (Å²) in [5.74, 6) is -0.384. The van der Waals surface area contributed by atoms with E-state index in [-0.39, 0.29) is 23.0 Å². The van der Waals surface area contributed by atoms with Crippen LogP contribution in [-0.4, -0.2) is 41.9 Å². The second-order valence-corrected chi connectivity index (χ2v) is 7.88. The minimum absolute atomic E-state index is 0.0573. The van der Waals surface area contributed by atoms with Crippen LogP contribution >= 0.6 is 0 Å².